The number of rotatable bonds is 9. The zero-order valence-electron chi connectivity index (χ0n) is 13.5. The van der Waals surface area contributed by atoms with E-state index in [-0.39, 0.29) is 24.0 Å². The molecule has 1 rings (SSSR count). The van der Waals surface area contributed by atoms with E-state index in [9.17, 15) is 0 Å². The van der Waals surface area contributed by atoms with Gasteiger partial charge in [-0.2, -0.15) is 0 Å². The summed E-state index contributed by atoms with van der Waals surface area (Å²) in [5, 5.41) is 6.52. The number of aliphatic imine (C=N–C) groups is 1. The molecule has 0 spiro atoms. The zero-order valence-corrected chi connectivity index (χ0v) is 17.4. The summed E-state index contributed by atoms with van der Waals surface area (Å²) >= 11 is 7.53. The molecule has 0 aromatic carbocycles. The number of ether oxygens (including phenoxy) is 1. The Labute approximate surface area is 160 Å². The highest BCUT2D eigenvalue weighted by Gasteiger charge is 2.00. The van der Waals surface area contributed by atoms with Crippen LogP contribution < -0.4 is 10.6 Å². The fraction of sp³-hybridized carbons (Fsp3) is 0.667. The van der Waals surface area contributed by atoms with Crippen LogP contribution in [0.2, 0.25) is 4.34 Å². The average molecular weight is 460 g/mol. The van der Waals surface area contributed by atoms with E-state index in [0.29, 0.717) is 12.5 Å². The molecule has 22 heavy (non-hydrogen) atoms. The van der Waals surface area contributed by atoms with Gasteiger partial charge in [0.1, 0.15) is 0 Å². The molecule has 4 nitrogen and oxygen atoms in total. The molecular formula is C15H27ClIN3OS. The Hall–Kier alpha value is -0.0500. The standard InChI is InChI=1S/C15H26ClN3OS.HI/c1-12(2)7-10-20-11-9-19-15(17-3)18-8-6-13-4-5-14(16)21-13;/h4-5,12H,6-11H2,1-3H3,(H2,17,18,19);1H. The summed E-state index contributed by atoms with van der Waals surface area (Å²) in [4.78, 5) is 5.46. The molecule has 2 N–H and O–H groups in total. The van der Waals surface area contributed by atoms with Crippen LogP contribution in [-0.4, -0.2) is 39.3 Å². The molecular weight excluding hydrogens is 433 g/mol. The van der Waals surface area contributed by atoms with Gasteiger partial charge in [0.2, 0.25) is 0 Å². The van der Waals surface area contributed by atoms with Crippen molar-refractivity contribution in [2.45, 2.75) is 26.7 Å². The minimum Gasteiger partial charge on any atom is -0.380 e. The Morgan fingerprint density at radius 3 is 2.59 bits per heavy atom. The molecule has 0 aliphatic carbocycles. The van der Waals surface area contributed by atoms with Gasteiger partial charge in [-0.05, 0) is 30.9 Å². The lowest BCUT2D eigenvalue weighted by Gasteiger charge is -2.12. The molecule has 0 bridgehead atoms. The lowest BCUT2D eigenvalue weighted by Crippen LogP contribution is -2.39. The highest BCUT2D eigenvalue weighted by molar-refractivity contribution is 14.0. The van der Waals surface area contributed by atoms with Gasteiger partial charge < -0.3 is 15.4 Å². The van der Waals surface area contributed by atoms with E-state index >= 15 is 0 Å². The summed E-state index contributed by atoms with van der Waals surface area (Å²) in [5.74, 6) is 1.50. The van der Waals surface area contributed by atoms with Crippen molar-refractivity contribution in [3.63, 3.8) is 0 Å². The van der Waals surface area contributed by atoms with Gasteiger partial charge in [-0.25, -0.2) is 0 Å². The number of hydrogen-bond donors (Lipinski definition) is 2. The van der Waals surface area contributed by atoms with Crippen LogP contribution in [0.3, 0.4) is 0 Å². The van der Waals surface area contributed by atoms with Gasteiger partial charge in [0.15, 0.2) is 5.96 Å². The van der Waals surface area contributed by atoms with Crippen molar-refractivity contribution in [1.29, 1.82) is 0 Å². The number of hydrogen-bond acceptors (Lipinski definition) is 3. The number of guanidine groups is 1. The first-order valence-electron chi connectivity index (χ1n) is 7.38. The maximum Gasteiger partial charge on any atom is 0.191 e. The summed E-state index contributed by atoms with van der Waals surface area (Å²) in [6, 6.07) is 4.00. The van der Waals surface area contributed by atoms with Crippen molar-refractivity contribution in [2.24, 2.45) is 10.9 Å². The largest absolute Gasteiger partial charge is 0.380 e. The first kappa shape index (κ1) is 21.9. The molecule has 1 aromatic heterocycles. The zero-order chi connectivity index (χ0) is 15.5. The van der Waals surface area contributed by atoms with E-state index in [1.165, 1.54) is 4.88 Å². The Bertz CT molecular complexity index is 427. The van der Waals surface area contributed by atoms with Crippen molar-refractivity contribution in [1.82, 2.24) is 10.6 Å². The highest BCUT2D eigenvalue weighted by atomic mass is 127. The molecule has 0 radical (unpaired) electrons. The SMILES string of the molecule is CN=C(NCCOCCC(C)C)NCCc1ccc(Cl)s1.I. The van der Waals surface area contributed by atoms with Crippen LogP contribution >= 0.6 is 46.9 Å². The fourth-order valence-electron chi connectivity index (χ4n) is 1.67. The van der Waals surface area contributed by atoms with Gasteiger partial charge in [0.25, 0.3) is 0 Å². The average Bonchev–Trinajstić information content (AvgIpc) is 2.86. The molecule has 128 valence electrons. The number of nitrogens with one attached hydrogen (secondary N) is 2. The van der Waals surface area contributed by atoms with Gasteiger partial charge >= 0.3 is 0 Å². The van der Waals surface area contributed by atoms with Crippen LogP contribution in [0.1, 0.15) is 25.1 Å². The third kappa shape index (κ3) is 10.6. The van der Waals surface area contributed by atoms with Crippen molar-refractivity contribution < 1.29 is 4.74 Å². The molecule has 0 atom stereocenters. The topological polar surface area (TPSA) is 45.7 Å². The maximum atomic E-state index is 5.91. The molecule has 0 fully saturated rings. The Morgan fingerprint density at radius 2 is 2.00 bits per heavy atom. The third-order valence-electron chi connectivity index (χ3n) is 2.89. The van der Waals surface area contributed by atoms with Gasteiger partial charge in [-0.15, -0.1) is 35.3 Å². The van der Waals surface area contributed by atoms with Crippen LogP contribution in [-0.2, 0) is 11.2 Å². The van der Waals surface area contributed by atoms with E-state index < -0.39 is 0 Å². The highest BCUT2D eigenvalue weighted by Crippen LogP contribution is 2.21. The number of nitrogens with zero attached hydrogens (tertiary/aromatic N) is 1. The van der Waals surface area contributed by atoms with E-state index in [1.807, 2.05) is 6.07 Å². The molecule has 0 saturated carbocycles. The normalized spacial score (nSPS) is 11.4. The molecule has 1 heterocycles. The predicted molar refractivity (Wildman–Crippen MR) is 108 cm³/mol. The second-order valence-corrected chi connectivity index (χ2v) is 6.98. The molecule has 0 saturated heterocycles. The van der Waals surface area contributed by atoms with Crippen molar-refractivity contribution in [3.05, 3.63) is 21.3 Å². The number of halogens is 2. The summed E-state index contributed by atoms with van der Waals surface area (Å²) in [6.45, 7) is 7.54. The lowest BCUT2D eigenvalue weighted by atomic mass is 10.1. The van der Waals surface area contributed by atoms with Gasteiger partial charge in [0, 0.05) is 31.6 Å². The fourth-order valence-corrected chi connectivity index (χ4v) is 2.76. The van der Waals surface area contributed by atoms with E-state index in [1.54, 1.807) is 18.4 Å². The summed E-state index contributed by atoms with van der Waals surface area (Å²) in [5.41, 5.74) is 0. The van der Waals surface area contributed by atoms with Crippen LogP contribution in [0.4, 0.5) is 0 Å². The molecule has 0 unspecified atom stereocenters. The van der Waals surface area contributed by atoms with Crippen LogP contribution in [0.15, 0.2) is 17.1 Å². The first-order valence-corrected chi connectivity index (χ1v) is 8.57. The molecule has 1 aromatic rings. The smallest absolute Gasteiger partial charge is 0.191 e. The van der Waals surface area contributed by atoms with Gasteiger partial charge in [-0.1, -0.05) is 25.4 Å². The van der Waals surface area contributed by atoms with Crippen molar-refractivity contribution in [2.75, 3.05) is 33.4 Å². The number of thiophene rings is 1. The third-order valence-corrected chi connectivity index (χ3v) is 4.19. The quantitative estimate of drug-likeness (QED) is 0.256. The van der Waals surface area contributed by atoms with Crippen LogP contribution in [0, 0.1) is 5.92 Å². The maximum absolute atomic E-state index is 5.91. The molecule has 0 aliphatic rings. The molecule has 0 aliphatic heterocycles. The summed E-state index contributed by atoms with van der Waals surface area (Å²) in [6.07, 6.45) is 2.05. The van der Waals surface area contributed by atoms with Crippen LogP contribution in [0.5, 0.6) is 0 Å². The Kier molecular flexibility index (Phi) is 13.4. The summed E-state index contributed by atoms with van der Waals surface area (Å²) < 4.78 is 6.40. The Balaban J connectivity index is 0.00000441. The summed E-state index contributed by atoms with van der Waals surface area (Å²) in [7, 11) is 1.77. The molecule has 0 amide bonds. The van der Waals surface area contributed by atoms with Crippen molar-refractivity contribution in [3.8, 4) is 0 Å². The molecule has 7 heteroatoms. The lowest BCUT2D eigenvalue weighted by molar-refractivity contribution is 0.128. The first-order chi connectivity index (χ1) is 10.1. The van der Waals surface area contributed by atoms with E-state index in [0.717, 1.165) is 42.8 Å². The second-order valence-electron chi connectivity index (χ2n) is 5.18. The predicted octanol–water partition coefficient (Wildman–Crippen LogP) is 3.79. The minimum absolute atomic E-state index is 0. The van der Waals surface area contributed by atoms with Crippen LogP contribution in [0.25, 0.3) is 0 Å². The van der Waals surface area contributed by atoms with Gasteiger partial charge in [-0.3, -0.25) is 4.99 Å². The minimum atomic E-state index is 0. The second kappa shape index (κ2) is 13.4. The van der Waals surface area contributed by atoms with E-state index in [2.05, 4.69) is 35.5 Å². The Morgan fingerprint density at radius 1 is 1.27 bits per heavy atom. The van der Waals surface area contributed by atoms with Crippen molar-refractivity contribution >= 4 is 52.9 Å². The van der Waals surface area contributed by atoms with Gasteiger partial charge in [0.05, 0.1) is 10.9 Å². The van der Waals surface area contributed by atoms with E-state index in [4.69, 9.17) is 16.3 Å². The monoisotopic (exact) mass is 459 g/mol.